The zero-order chi connectivity index (χ0) is 24.0. The first-order valence-electron chi connectivity index (χ1n) is 9.94. The zero-order valence-corrected chi connectivity index (χ0v) is 19.8. The van der Waals surface area contributed by atoms with Crippen LogP contribution in [0.2, 0.25) is 10.0 Å². The van der Waals surface area contributed by atoms with Gasteiger partial charge in [-0.1, -0.05) is 36.2 Å². The molecule has 3 aromatic carbocycles. The summed E-state index contributed by atoms with van der Waals surface area (Å²) in [5.74, 6) is -1.60. The summed E-state index contributed by atoms with van der Waals surface area (Å²) in [6.07, 6.45) is 0.570. The van der Waals surface area contributed by atoms with Crippen molar-refractivity contribution in [2.24, 2.45) is 0 Å². The number of hydrogen-bond donors (Lipinski definition) is 3. The van der Waals surface area contributed by atoms with Crippen LogP contribution in [0.4, 0.5) is 11.4 Å². The third-order valence-corrected chi connectivity index (χ3v) is 6.51. The Kier molecular flexibility index (Phi) is 8.38. The second-order valence-corrected chi connectivity index (χ2v) is 9.11. The normalized spacial score (nSPS) is 11.5. The maximum Gasteiger partial charge on any atom is 0.335 e. The number of amides is 2. The summed E-state index contributed by atoms with van der Waals surface area (Å²) < 4.78 is 0. The van der Waals surface area contributed by atoms with Crippen LogP contribution in [0.5, 0.6) is 0 Å². The fourth-order valence-corrected chi connectivity index (χ4v) is 4.43. The second kappa shape index (κ2) is 11.2. The van der Waals surface area contributed by atoms with E-state index in [9.17, 15) is 14.4 Å². The fraction of sp³-hybridized carbons (Fsp3) is 0.125. The number of rotatable bonds is 8. The minimum atomic E-state index is -1.03. The first kappa shape index (κ1) is 24.6. The third-order valence-electron chi connectivity index (χ3n) is 4.61. The molecule has 0 radical (unpaired) electrons. The van der Waals surface area contributed by atoms with E-state index in [4.69, 9.17) is 28.3 Å². The van der Waals surface area contributed by atoms with Crippen molar-refractivity contribution in [1.29, 1.82) is 0 Å². The number of carboxylic acids is 1. The topological polar surface area (TPSA) is 95.5 Å². The Hall–Kier alpha value is -3.00. The van der Waals surface area contributed by atoms with Gasteiger partial charge in [0.25, 0.3) is 5.91 Å². The van der Waals surface area contributed by atoms with E-state index in [1.54, 1.807) is 42.5 Å². The maximum atomic E-state index is 12.7. The molecule has 0 fully saturated rings. The van der Waals surface area contributed by atoms with E-state index in [-0.39, 0.29) is 27.7 Å². The van der Waals surface area contributed by atoms with E-state index >= 15 is 0 Å². The van der Waals surface area contributed by atoms with Crippen LogP contribution < -0.4 is 10.6 Å². The van der Waals surface area contributed by atoms with E-state index in [1.807, 2.05) is 13.0 Å². The SMILES string of the molecule is CCC(Sc1cccc(NC(=O)c2ccc(Cl)cc2Cl)c1)C(=O)Nc1ccc(C(=O)O)cc1. The molecule has 0 saturated heterocycles. The molecule has 3 aromatic rings. The standard InChI is InChI=1S/C24H20Cl2N2O4S/c1-2-21(23(30)27-16-9-6-14(7-10-16)24(31)32)33-18-5-3-4-17(13-18)28-22(29)19-11-8-15(25)12-20(19)26/h3-13,21H,2H2,1H3,(H,27,30)(H,28,29)(H,31,32). The molecule has 0 aromatic heterocycles. The van der Waals surface area contributed by atoms with Crippen LogP contribution in [0.15, 0.2) is 71.6 Å². The van der Waals surface area contributed by atoms with Gasteiger partial charge in [-0.25, -0.2) is 4.79 Å². The molecule has 9 heteroatoms. The lowest BCUT2D eigenvalue weighted by atomic mass is 10.2. The van der Waals surface area contributed by atoms with E-state index < -0.39 is 5.97 Å². The average Bonchev–Trinajstić information content (AvgIpc) is 2.78. The molecule has 170 valence electrons. The van der Waals surface area contributed by atoms with Gasteiger partial charge in [0.15, 0.2) is 0 Å². The molecule has 3 rings (SSSR count). The van der Waals surface area contributed by atoms with Crippen LogP contribution in [-0.2, 0) is 4.79 Å². The van der Waals surface area contributed by atoms with Gasteiger partial charge in [-0.3, -0.25) is 9.59 Å². The molecule has 0 bridgehead atoms. The van der Waals surface area contributed by atoms with Crippen LogP contribution >= 0.6 is 35.0 Å². The molecule has 3 N–H and O–H groups in total. The first-order chi connectivity index (χ1) is 15.8. The van der Waals surface area contributed by atoms with Gasteiger partial charge in [-0.05, 0) is 67.1 Å². The van der Waals surface area contributed by atoms with Gasteiger partial charge in [0, 0.05) is 21.3 Å². The van der Waals surface area contributed by atoms with Gasteiger partial charge in [0.1, 0.15) is 0 Å². The smallest absolute Gasteiger partial charge is 0.335 e. The van der Waals surface area contributed by atoms with Crippen molar-refractivity contribution in [2.45, 2.75) is 23.5 Å². The molecule has 0 heterocycles. The minimum absolute atomic E-state index is 0.146. The highest BCUT2D eigenvalue weighted by molar-refractivity contribution is 8.00. The second-order valence-electron chi connectivity index (χ2n) is 6.99. The predicted octanol–water partition coefficient (Wildman–Crippen LogP) is 6.45. The van der Waals surface area contributed by atoms with E-state index in [2.05, 4.69) is 10.6 Å². The Morgan fingerprint density at radius 3 is 2.30 bits per heavy atom. The minimum Gasteiger partial charge on any atom is -0.478 e. The molecular weight excluding hydrogens is 483 g/mol. The van der Waals surface area contributed by atoms with Crippen molar-refractivity contribution in [2.75, 3.05) is 10.6 Å². The Labute approximate surface area is 205 Å². The number of carboxylic acid groups (broad SMARTS) is 1. The van der Waals surface area contributed by atoms with Crippen LogP contribution in [0.1, 0.15) is 34.1 Å². The summed E-state index contributed by atoms with van der Waals surface area (Å²) in [7, 11) is 0. The average molecular weight is 503 g/mol. The van der Waals surface area contributed by atoms with Gasteiger partial charge >= 0.3 is 5.97 Å². The quantitative estimate of drug-likeness (QED) is 0.307. The van der Waals surface area contributed by atoms with Gasteiger partial charge in [-0.2, -0.15) is 0 Å². The van der Waals surface area contributed by atoms with Crippen LogP contribution in [-0.4, -0.2) is 28.1 Å². The molecule has 0 aliphatic carbocycles. The molecule has 6 nitrogen and oxygen atoms in total. The molecule has 0 aliphatic rings. The summed E-state index contributed by atoms with van der Waals surface area (Å²) in [6, 6.07) is 17.8. The lowest BCUT2D eigenvalue weighted by Crippen LogP contribution is -2.24. The van der Waals surface area contributed by atoms with E-state index in [0.29, 0.717) is 28.4 Å². The Morgan fingerprint density at radius 2 is 1.67 bits per heavy atom. The summed E-state index contributed by atoms with van der Waals surface area (Å²) in [5.41, 5.74) is 1.53. The number of aromatic carboxylic acids is 1. The molecule has 0 saturated carbocycles. The largest absolute Gasteiger partial charge is 0.478 e. The number of halogens is 2. The molecule has 33 heavy (non-hydrogen) atoms. The number of nitrogens with one attached hydrogen (secondary N) is 2. The summed E-state index contributed by atoms with van der Waals surface area (Å²) >= 11 is 13.4. The Morgan fingerprint density at radius 1 is 0.939 bits per heavy atom. The number of thioether (sulfide) groups is 1. The highest BCUT2D eigenvalue weighted by Gasteiger charge is 2.19. The Balaban J connectivity index is 1.66. The number of hydrogen-bond acceptors (Lipinski definition) is 4. The highest BCUT2D eigenvalue weighted by Crippen LogP contribution is 2.29. The summed E-state index contributed by atoms with van der Waals surface area (Å²) in [5, 5.41) is 14.9. The van der Waals surface area contributed by atoms with Gasteiger partial charge < -0.3 is 15.7 Å². The van der Waals surface area contributed by atoms with Crippen molar-refractivity contribution < 1.29 is 19.5 Å². The molecule has 0 spiro atoms. The van der Waals surface area contributed by atoms with Crippen molar-refractivity contribution in [1.82, 2.24) is 0 Å². The van der Waals surface area contributed by atoms with Crippen molar-refractivity contribution in [3.05, 3.63) is 87.9 Å². The number of benzene rings is 3. The van der Waals surface area contributed by atoms with Crippen LogP contribution in [0.3, 0.4) is 0 Å². The monoisotopic (exact) mass is 502 g/mol. The van der Waals surface area contributed by atoms with E-state index in [0.717, 1.165) is 4.90 Å². The molecule has 0 aliphatic heterocycles. The third kappa shape index (κ3) is 6.74. The predicted molar refractivity (Wildman–Crippen MR) is 133 cm³/mol. The van der Waals surface area contributed by atoms with Crippen molar-refractivity contribution >= 4 is 64.1 Å². The number of carbonyl (C=O) groups is 3. The Bertz CT molecular complexity index is 1190. The fourth-order valence-electron chi connectivity index (χ4n) is 2.92. The summed E-state index contributed by atoms with van der Waals surface area (Å²) in [6.45, 7) is 1.90. The van der Waals surface area contributed by atoms with Gasteiger partial charge in [-0.15, -0.1) is 11.8 Å². The van der Waals surface area contributed by atoms with Crippen molar-refractivity contribution in [3.63, 3.8) is 0 Å². The lowest BCUT2D eigenvalue weighted by Gasteiger charge is -2.16. The molecular formula is C24H20Cl2N2O4S. The highest BCUT2D eigenvalue weighted by atomic mass is 35.5. The van der Waals surface area contributed by atoms with Crippen LogP contribution in [0, 0.1) is 0 Å². The zero-order valence-electron chi connectivity index (χ0n) is 17.5. The van der Waals surface area contributed by atoms with Gasteiger partial charge in [0.05, 0.1) is 21.4 Å². The van der Waals surface area contributed by atoms with E-state index in [1.165, 1.54) is 30.0 Å². The maximum absolute atomic E-state index is 12.7. The number of anilines is 2. The van der Waals surface area contributed by atoms with Crippen molar-refractivity contribution in [3.8, 4) is 0 Å². The molecule has 1 atom stereocenters. The first-order valence-corrected chi connectivity index (χ1v) is 11.6. The van der Waals surface area contributed by atoms with Crippen LogP contribution in [0.25, 0.3) is 0 Å². The van der Waals surface area contributed by atoms with Gasteiger partial charge in [0.2, 0.25) is 5.91 Å². The lowest BCUT2D eigenvalue weighted by molar-refractivity contribution is -0.115. The number of carbonyl (C=O) groups excluding carboxylic acids is 2. The molecule has 2 amide bonds. The molecule has 1 unspecified atom stereocenters. The summed E-state index contributed by atoms with van der Waals surface area (Å²) in [4.78, 5) is 37.1.